The lowest BCUT2D eigenvalue weighted by atomic mass is 10.1. The standard InChI is InChI=1S/C19H22ClFN2O2/c1-25-11-10-23(13-15-6-8-16(21)12-17(15)20)19(24)9-7-14-4-2-3-5-18(14)22/h2-6,8,12H,7,9-11,13,22H2,1H3. The van der Waals surface area contributed by atoms with Gasteiger partial charge in [0.15, 0.2) is 0 Å². The number of hydrogen-bond donors (Lipinski definition) is 1. The van der Waals surface area contributed by atoms with Gasteiger partial charge in [0.05, 0.1) is 6.61 Å². The molecular weight excluding hydrogens is 343 g/mol. The van der Waals surface area contributed by atoms with Gasteiger partial charge in [0, 0.05) is 37.3 Å². The molecule has 4 nitrogen and oxygen atoms in total. The van der Waals surface area contributed by atoms with Gasteiger partial charge in [-0.15, -0.1) is 0 Å². The molecule has 1 amide bonds. The fourth-order valence-electron chi connectivity index (χ4n) is 2.51. The molecular formula is C19H22ClFN2O2. The van der Waals surface area contributed by atoms with Crippen molar-refractivity contribution < 1.29 is 13.9 Å². The van der Waals surface area contributed by atoms with E-state index in [-0.39, 0.29) is 5.91 Å². The first-order valence-electron chi connectivity index (χ1n) is 8.05. The molecule has 0 aliphatic heterocycles. The first-order valence-corrected chi connectivity index (χ1v) is 8.43. The minimum absolute atomic E-state index is 0.0271. The van der Waals surface area contributed by atoms with E-state index in [4.69, 9.17) is 22.1 Å². The third-order valence-corrected chi connectivity index (χ3v) is 4.31. The molecule has 25 heavy (non-hydrogen) atoms. The number of para-hydroxylation sites is 1. The van der Waals surface area contributed by atoms with Crippen LogP contribution in [0.5, 0.6) is 0 Å². The van der Waals surface area contributed by atoms with E-state index >= 15 is 0 Å². The first-order chi connectivity index (χ1) is 12.0. The summed E-state index contributed by atoms with van der Waals surface area (Å²) in [5, 5.41) is 0.308. The van der Waals surface area contributed by atoms with Crippen LogP contribution in [0.3, 0.4) is 0 Å². The number of ether oxygens (including phenoxy) is 1. The van der Waals surface area contributed by atoms with Crippen LogP contribution in [-0.2, 0) is 22.5 Å². The summed E-state index contributed by atoms with van der Waals surface area (Å²) in [6.45, 7) is 1.16. The Morgan fingerprint density at radius 2 is 2.00 bits per heavy atom. The van der Waals surface area contributed by atoms with Crippen LogP contribution in [0.2, 0.25) is 5.02 Å². The van der Waals surface area contributed by atoms with E-state index in [9.17, 15) is 9.18 Å². The zero-order valence-electron chi connectivity index (χ0n) is 14.2. The highest BCUT2D eigenvalue weighted by Gasteiger charge is 2.16. The average molecular weight is 365 g/mol. The van der Waals surface area contributed by atoms with Crippen molar-refractivity contribution >= 4 is 23.2 Å². The van der Waals surface area contributed by atoms with Crippen molar-refractivity contribution in [2.24, 2.45) is 0 Å². The van der Waals surface area contributed by atoms with E-state index in [2.05, 4.69) is 0 Å². The molecule has 0 aromatic heterocycles. The van der Waals surface area contributed by atoms with E-state index in [1.807, 2.05) is 24.3 Å². The maximum Gasteiger partial charge on any atom is 0.223 e. The number of hydrogen-bond acceptors (Lipinski definition) is 3. The molecule has 0 atom stereocenters. The summed E-state index contributed by atoms with van der Waals surface area (Å²) in [6.07, 6.45) is 0.892. The van der Waals surface area contributed by atoms with Crippen molar-refractivity contribution in [3.8, 4) is 0 Å². The molecule has 0 fully saturated rings. The van der Waals surface area contributed by atoms with Gasteiger partial charge in [-0.1, -0.05) is 35.9 Å². The van der Waals surface area contributed by atoms with Crippen molar-refractivity contribution in [2.45, 2.75) is 19.4 Å². The van der Waals surface area contributed by atoms with Crippen molar-refractivity contribution in [1.29, 1.82) is 0 Å². The Kier molecular flexibility index (Phi) is 7.22. The first kappa shape index (κ1) is 19.2. The van der Waals surface area contributed by atoms with Crippen LogP contribution >= 0.6 is 11.6 Å². The molecule has 0 aliphatic carbocycles. The van der Waals surface area contributed by atoms with Crippen molar-refractivity contribution in [3.63, 3.8) is 0 Å². The smallest absolute Gasteiger partial charge is 0.223 e. The van der Waals surface area contributed by atoms with Gasteiger partial charge in [-0.05, 0) is 35.7 Å². The van der Waals surface area contributed by atoms with Crippen molar-refractivity contribution in [1.82, 2.24) is 4.90 Å². The van der Waals surface area contributed by atoms with Crippen LogP contribution < -0.4 is 5.73 Å². The van der Waals surface area contributed by atoms with E-state index in [1.54, 1.807) is 18.1 Å². The maximum atomic E-state index is 13.2. The number of nitrogens with zero attached hydrogens (tertiary/aromatic N) is 1. The number of aryl methyl sites for hydroxylation is 1. The summed E-state index contributed by atoms with van der Waals surface area (Å²) >= 11 is 6.08. The van der Waals surface area contributed by atoms with Gasteiger partial charge in [0.25, 0.3) is 0 Å². The molecule has 2 aromatic carbocycles. The molecule has 6 heteroatoms. The second-order valence-electron chi connectivity index (χ2n) is 5.74. The van der Waals surface area contributed by atoms with Crippen LogP contribution in [-0.4, -0.2) is 31.1 Å². The van der Waals surface area contributed by atoms with E-state index in [1.165, 1.54) is 12.1 Å². The summed E-state index contributed by atoms with van der Waals surface area (Å²) in [5.41, 5.74) is 8.25. The number of halogens is 2. The Labute approximate surface area is 152 Å². The lowest BCUT2D eigenvalue weighted by Gasteiger charge is -2.23. The Hall–Kier alpha value is -2.11. The number of rotatable bonds is 8. The number of benzene rings is 2. The van der Waals surface area contributed by atoms with Gasteiger partial charge in [-0.25, -0.2) is 4.39 Å². The molecule has 2 N–H and O–H groups in total. The van der Waals surface area contributed by atoms with Gasteiger partial charge >= 0.3 is 0 Å². The molecule has 2 rings (SSSR count). The van der Waals surface area contributed by atoms with Crippen LogP contribution in [0.25, 0.3) is 0 Å². The Morgan fingerprint density at radius 1 is 1.24 bits per heavy atom. The van der Waals surface area contributed by atoms with Gasteiger partial charge in [-0.3, -0.25) is 4.79 Å². The normalized spacial score (nSPS) is 10.7. The monoisotopic (exact) mass is 364 g/mol. The Balaban J connectivity index is 2.05. The van der Waals surface area contributed by atoms with Gasteiger partial charge < -0.3 is 15.4 Å². The van der Waals surface area contributed by atoms with Crippen LogP contribution in [0, 0.1) is 5.82 Å². The highest BCUT2D eigenvalue weighted by atomic mass is 35.5. The third kappa shape index (κ3) is 5.73. The van der Waals surface area contributed by atoms with Crippen LogP contribution in [0.1, 0.15) is 17.5 Å². The number of anilines is 1. The van der Waals surface area contributed by atoms with E-state index < -0.39 is 5.82 Å². The van der Waals surface area contributed by atoms with Gasteiger partial charge in [-0.2, -0.15) is 0 Å². The second kappa shape index (κ2) is 9.39. The molecule has 0 radical (unpaired) electrons. The van der Waals surface area contributed by atoms with Crippen molar-refractivity contribution in [3.05, 3.63) is 64.4 Å². The molecule has 0 bridgehead atoms. The van der Waals surface area contributed by atoms with Gasteiger partial charge in [0.2, 0.25) is 5.91 Å². The lowest BCUT2D eigenvalue weighted by molar-refractivity contribution is -0.132. The SMILES string of the molecule is COCCN(Cc1ccc(F)cc1Cl)C(=O)CCc1ccccc1N. The maximum absolute atomic E-state index is 13.2. The molecule has 134 valence electrons. The zero-order chi connectivity index (χ0) is 18.2. The lowest BCUT2D eigenvalue weighted by Crippen LogP contribution is -2.33. The molecule has 0 spiro atoms. The fraction of sp³-hybridized carbons (Fsp3) is 0.316. The molecule has 0 unspecified atom stereocenters. The van der Waals surface area contributed by atoms with Crippen LogP contribution in [0.4, 0.5) is 10.1 Å². The largest absolute Gasteiger partial charge is 0.399 e. The van der Waals surface area contributed by atoms with Gasteiger partial charge in [0.1, 0.15) is 5.82 Å². The van der Waals surface area contributed by atoms with E-state index in [0.717, 1.165) is 5.56 Å². The Bertz CT molecular complexity index is 724. The number of carbonyl (C=O) groups excluding carboxylic acids is 1. The summed E-state index contributed by atoms with van der Waals surface area (Å²) < 4.78 is 18.3. The topological polar surface area (TPSA) is 55.6 Å². The number of nitrogen functional groups attached to an aromatic ring is 1. The quantitative estimate of drug-likeness (QED) is 0.727. The zero-order valence-corrected chi connectivity index (χ0v) is 14.9. The molecule has 0 saturated heterocycles. The predicted molar refractivity (Wildman–Crippen MR) is 97.9 cm³/mol. The minimum atomic E-state index is -0.400. The molecule has 0 heterocycles. The second-order valence-corrected chi connectivity index (χ2v) is 6.15. The summed E-state index contributed by atoms with van der Waals surface area (Å²) in [7, 11) is 1.58. The summed E-state index contributed by atoms with van der Waals surface area (Å²) in [6, 6.07) is 11.7. The highest BCUT2D eigenvalue weighted by Crippen LogP contribution is 2.20. The van der Waals surface area contributed by atoms with Crippen LogP contribution in [0.15, 0.2) is 42.5 Å². The van der Waals surface area contributed by atoms with Crippen molar-refractivity contribution in [2.75, 3.05) is 26.0 Å². The average Bonchev–Trinajstić information content (AvgIpc) is 2.59. The highest BCUT2D eigenvalue weighted by molar-refractivity contribution is 6.31. The number of carbonyl (C=O) groups is 1. The predicted octanol–water partition coefficient (Wildman–Crippen LogP) is 3.67. The molecule has 2 aromatic rings. The van der Waals surface area contributed by atoms with E-state index in [0.29, 0.717) is 48.8 Å². The number of amides is 1. The molecule has 0 saturated carbocycles. The summed E-state index contributed by atoms with van der Waals surface area (Å²) in [5.74, 6) is -0.427. The summed E-state index contributed by atoms with van der Waals surface area (Å²) in [4.78, 5) is 14.3. The molecule has 0 aliphatic rings. The Morgan fingerprint density at radius 3 is 2.68 bits per heavy atom. The fourth-order valence-corrected chi connectivity index (χ4v) is 2.74. The third-order valence-electron chi connectivity index (χ3n) is 3.96. The number of methoxy groups -OCH3 is 1. The minimum Gasteiger partial charge on any atom is -0.399 e. The number of nitrogens with two attached hydrogens (primary N) is 1.